The van der Waals surface area contributed by atoms with Crippen molar-refractivity contribution in [3.63, 3.8) is 0 Å². The fraction of sp³-hybridized carbons (Fsp3) is 0.0714. The predicted molar refractivity (Wildman–Crippen MR) is 80.3 cm³/mol. The number of halogens is 1. The monoisotopic (exact) mass is 381 g/mol. The second-order valence-corrected chi connectivity index (χ2v) is 5.00. The molecule has 0 fully saturated rings. The first-order valence-corrected chi connectivity index (χ1v) is 7.32. The SMILES string of the molecule is O=C(CI)Oc1ccc2cccc3c2c1C(=O)NC3=O. The van der Waals surface area contributed by atoms with Crippen molar-refractivity contribution < 1.29 is 19.1 Å². The van der Waals surface area contributed by atoms with Crippen molar-refractivity contribution in [2.45, 2.75) is 0 Å². The van der Waals surface area contributed by atoms with Crippen LogP contribution < -0.4 is 10.1 Å². The van der Waals surface area contributed by atoms with E-state index in [1.807, 2.05) is 22.6 Å². The number of benzene rings is 2. The molecule has 0 radical (unpaired) electrons. The van der Waals surface area contributed by atoms with Crippen LogP contribution in [-0.2, 0) is 4.79 Å². The number of carbonyl (C=O) groups excluding carboxylic acids is 3. The van der Waals surface area contributed by atoms with E-state index in [-0.39, 0.29) is 15.7 Å². The Morgan fingerprint density at radius 3 is 2.70 bits per heavy atom. The topological polar surface area (TPSA) is 72.5 Å². The smallest absolute Gasteiger partial charge is 0.321 e. The van der Waals surface area contributed by atoms with Gasteiger partial charge in [-0.15, -0.1) is 0 Å². The molecule has 0 unspecified atom stereocenters. The number of alkyl halides is 1. The molecule has 0 aromatic heterocycles. The molecule has 5 nitrogen and oxygen atoms in total. The van der Waals surface area contributed by atoms with Gasteiger partial charge in [0.1, 0.15) is 5.75 Å². The van der Waals surface area contributed by atoms with Crippen molar-refractivity contribution >= 4 is 51.1 Å². The number of imide groups is 1. The molecule has 2 amide bonds. The van der Waals surface area contributed by atoms with Crippen LogP contribution in [0.4, 0.5) is 0 Å². The summed E-state index contributed by atoms with van der Waals surface area (Å²) in [6.45, 7) is 0. The van der Waals surface area contributed by atoms with Gasteiger partial charge in [-0.2, -0.15) is 0 Å². The minimum Gasteiger partial charge on any atom is -0.425 e. The van der Waals surface area contributed by atoms with Crippen molar-refractivity contribution in [2.24, 2.45) is 0 Å². The van der Waals surface area contributed by atoms with Crippen LogP contribution in [0.3, 0.4) is 0 Å². The Bertz CT molecular complexity index is 769. The minimum atomic E-state index is -0.546. The molecule has 2 aromatic rings. The van der Waals surface area contributed by atoms with E-state index < -0.39 is 17.8 Å². The van der Waals surface area contributed by atoms with Crippen molar-refractivity contribution in [1.82, 2.24) is 5.32 Å². The van der Waals surface area contributed by atoms with Crippen LogP contribution in [0.2, 0.25) is 0 Å². The average molecular weight is 381 g/mol. The van der Waals surface area contributed by atoms with E-state index in [9.17, 15) is 14.4 Å². The Morgan fingerprint density at radius 2 is 1.95 bits per heavy atom. The maximum atomic E-state index is 12.0. The lowest BCUT2D eigenvalue weighted by atomic mass is 9.94. The van der Waals surface area contributed by atoms with Gasteiger partial charge in [-0.05, 0) is 17.5 Å². The highest BCUT2D eigenvalue weighted by molar-refractivity contribution is 14.1. The molecule has 20 heavy (non-hydrogen) atoms. The highest BCUT2D eigenvalue weighted by atomic mass is 127. The van der Waals surface area contributed by atoms with E-state index in [1.54, 1.807) is 30.3 Å². The van der Waals surface area contributed by atoms with E-state index in [4.69, 9.17) is 4.74 Å². The molecule has 0 aliphatic carbocycles. The van der Waals surface area contributed by atoms with Gasteiger partial charge in [0, 0.05) is 10.9 Å². The largest absolute Gasteiger partial charge is 0.425 e. The maximum absolute atomic E-state index is 12.0. The number of rotatable bonds is 2. The number of hydrogen-bond donors (Lipinski definition) is 1. The lowest BCUT2D eigenvalue weighted by Gasteiger charge is -2.18. The van der Waals surface area contributed by atoms with Crippen molar-refractivity contribution in [3.05, 3.63) is 41.5 Å². The number of ether oxygens (including phenoxy) is 1. The fourth-order valence-corrected chi connectivity index (χ4v) is 2.40. The molecule has 0 bridgehead atoms. The Labute approximate surface area is 127 Å². The van der Waals surface area contributed by atoms with Crippen LogP contribution in [0, 0.1) is 0 Å². The molecule has 0 atom stereocenters. The highest BCUT2D eigenvalue weighted by Gasteiger charge is 2.28. The molecule has 1 aliphatic heterocycles. The van der Waals surface area contributed by atoms with Gasteiger partial charge in [0.05, 0.1) is 9.99 Å². The zero-order valence-electron chi connectivity index (χ0n) is 10.1. The lowest BCUT2D eigenvalue weighted by Crippen LogP contribution is -2.35. The molecule has 3 rings (SSSR count). The van der Waals surface area contributed by atoms with Gasteiger partial charge in [0.25, 0.3) is 11.8 Å². The molecule has 1 N–H and O–H groups in total. The molecule has 0 saturated heterocycles. The fourth-order valence-electron chi connectivity index (χ4n) is 2.24. The summed E-state index contributed by atoms with van der Waals surface area (Å²) in [5.41, 5.74) is 0.639. The van der Waals surface area contributed by atoms with Crippen molar-refractivity contribution in [3.8, 4) is 5.75 Å². The molecule has 100 valence electrons. The van der Waals surface area contributed by atoms with Gasteiger partial charge in [-0.1, -0.05) is 40.8 Å². The van der Waals surface area contributed by atoms with E-state index in [1.165, 1.54) is 0 Å². The maximum Gasteiger partial charge on any atom is 0.321 e. The molecule has 1 aliphatic rings. The molecule has 6 heteroatoms. The van der Waals surface area contributed by atoms with Gasteiger partial charge in [-0.3, -0.25) is 19.7 Å². The number of esters is 1. The van der Waals surface area contributed by atoms with Crippen LogP contribution in [0.1, 0.15) is 20.7 Å². The van der Waals surface area contributed by atoms with Gasteiger partial charge < -0.3 is 4.74 Å². The minimum absolute atomic E-state index is 0.177. The third-order valence-corrected chi connectivity index (χ3v) is 3.66. The van der Waals surface area contributed by atoms with E-state index >= 15 is 0 Å². The van der Waals surface area contributed by atoms with Crippen molar-refractivity contribution in [2.75, 3.05) is 4.43 Å². The van der Waals surface area contributed by atoms with Crippen LogP contribution >= 0.6 is 22.6 Å². The lowest BCUT2D eigenvalue weighted by molar-refractivity contribution is -0.131. The van der Waals surface area contributed by atoms with E-state index in [2.05, 4.69) is 5.32 Å². The summed E-state index contributed by atoms with van der Waals surface area (Å²) in [7, 11) is 0. The number of amides is 2. The van der Waals surface area contributed by atoms with Gasteiger partial charge in [-0.25, -0.2) is 0 Å². The number of hydrogen-bond acceptors (Lipinski definition) is 4. The first-order valence-electron chi connectivity index (χ1n) is 5.80. The molecule has 2 aromatic carbocycles. The summed E-state index contributed by atoms with van der Waals surface area (Å²) in [6.07, 6.45) is 0. The molecule has 0 saturated carbocycles. The number of carbonyl (C=O) groups is 3. The third-order valence-electron chi connectivity index (χ3n) is 3.04. The van der Waals surface area contributed by atoms with Crippen LogP contribution in [0.15, 0.2) is 30.3 Å². The standard InChI is InChI=1S/C14H8INO4/c15-6-10(17)20-9-5-4-7-2-1-3-8-11(7)12(9)14(19)16-13(8)18/h1-5H,6H2,(H,16,18,19). The summed E-state index contributed by atoms with van der Waals surface area (Å²) in [4.78, 5) is 35.3. The Hall–Kier alpha value is -1.96. The van der Waals surface area contributed by atoms with E-state index in [0.29, 0.717) is 10.9 Å². The summed E-state index contributed by atoms with van der Waals surface area (Å²) in [6, 6.07) is 8.48. The average Bonchev–Trinajstić information content (AvgIpc) is 2.45. The predicted octanol–water partition coefficient (Wildman–Crippen LogP) is 2.06. The van der Waals surface area contributed by atoms with Crippen LogP contribution in [0.25, 0.3) is 10.8 Å². The third kappa shape index (κ3) is 1.96. The molecular weight excluding hydrogens is 373 g/mol. The number of nitrogens with one attached hydrogen (secondary N) is 1. The summed E-state index contributed by atoms with van der Waals surface area (Å²) < 4.78 is 5.35. The Balaban J connectivity index is 2.31. The summed E-state index contributed by atoms with van der Waals surface area (Å²) in [5, 5.41) is 3.54. The second kappa shape index (κ2) is 4.86. The Morgan fingerprint density at radius 1 is 1.15 bits per heavy atom. The van der Waals surface area contributed by atoms with Crippen LogP contribution in [-0.4, -0.2) is 22.2 Å². The van der Waals surface area contributed by atoms with Crippen molar-refractivity contribution in [1.29, 1.82) is 0 Å². The van der Waals surface area contributed by atoms with Gasteiger partial charge in [0.2, 0.25) is 0 Å². The summed E-state index contributed by atoms with van der Waals surface area (Å²) in [5.74, 6) is -1.25. The highest BCUT2D eigenvalue weighted by Crippen LogP contribution is 2.33. The zero-order chi connectivity index (χ0) is 14.3. The van der Waals surface area contributed by atoms with Gasteiger partial charge >= 0.3 is 5.97 Å². The zero-order valence-corrected chi connectivity index (χ0v) is 12.3. The first kappa shape index (κ1) is 13.0. The second-order valence-electron chi connectivity index (χ2n) is 4.23. The van der Waals surface area contributed by atoms with Gasteiger partial charge in [0.15, 0.2) is 0 Å². The molecular formula is C14H8INO4. The summed E-state index contributed by atoms with van der Waals surface area (Å²) >= 11 is 1.88. The normalized spacial score (nSPS) is 13.2. The molecule has 1 heterocycles. The first-order chi connectivity index (χ1) is 9.61. The Kier molecular flexibility index (Phi) is 3.17. The van der Waals surface area contributed by atoms with E-state index in [0.717, 1.165) is 5.39 Å². The quantitative estimate of drug-likeness (QED) is 0.284. The van der Waals surface area contributed by atoms with Crippen LogP contribution in [0.5, 0.6) is 5.75 Å². The molecule has 0 spiro atoms.